The lowest BCUT2D eigenvalue weighted by atomic mass is 10.1. The lowest BCUT2D eigenvalue weighted by Gasteiger charge is -2.23. The number of halogens is 1. The molecule has 0 heterocycles. The van der Waals surface area contributed by atoms with Crippen molar-refractivity contribution in [2.75, 3.05) is 6.54 Å². The molecule has 0 radical (unpaired) electrons. The first kappa shape index (κ1) is 16.8. The molecule has 0 unspecified atom stereocenters. The Morgan fingerprint density at radius 3 is 2.52 bits per heavy atom. The van der Waals surface area contributed by atoms with Crippen molar-refractivity contribution in [3.05, 3.63) is 29.3 Å². The van der Waals surface area contributed by atoms with Gasteiger partial charge in [-0.1, -0.05) is 32.4 Å². The van der Waals surface area contributed by atoms with E-state index in [1.54, 1.807) is 10.4 Å². The molecule has 0 N–H and O–H groups in total. The Kier molecular flexibility index (Phi) is 5.69. The van der Waals surface area contributed by atoms with Gasteiger partial charge in [0.05, 0.1) is 4.90 Å². The molecule has 1 aromatic carbocycles. The predicted molar refractivity (Wildman–Crippen MR) is 87.2 cm³/mol. The molecule has 1 aliphatic carbocycles. The predicted octanol–water partition coefficient (Wildman–Crippen LogP) is 3.94. The van der Waals surface area contributed by atoms with Gasteiger partial charge in [0, 0.05) is 18.5 Å². The Balaban J connectivity index is 2.40. The lowest BCUT2D eigenvalue weighted by molar-refractivity contribution is 0.395. The fraction of sp³-hybridized carbons (Fsp3) is 0.625. The van der Waals surface area contributed by atoms with Gasteiger partial charge in [0.15, 0.2) is 0 Å². The van der Waals surface area contributed by atoms with Crippen molar-refractivity contribution in [1.29, 1.82) is 0 Å². The van der Waals surface area contributed by atoms with Crippen LogP contribution in [0.1, 0.15) is 50.7 Å². The minimum Gasteiger partial charge on any atom is -0.207 e. The topological polar surface area (TPSA) is 37.4 Å². The average Bonchev–Trinajstić information content (AvgIpc) is 3.31. The number of benzene rings is 1. The first-order valence-corrected chi connectivity index (χ1v) is 9.71. The standard InChI is InChI=1S/C16H24ClNO2S/c1-3-5-10-18(15-8-9-15)21(19,20)16-11-13(12-17)6-7-14(16)4-2/h6-7,11,15H,3-5,8-10,12H2,1-2H3. The summed E-state index contributed by atoms with van der Waals surface area (Å²) in [5.74, 6) is 0.338. The van der Waals surface area contributed by atoms with E-state index in [9.17, 15) is 8.42 Å². The van der Waals surface area contributed by atoms with Gasteiger partial charge in [-0.15, -0.1) is 11.6 Å². The van der Waals surface area contributed by atoms with E-state index in [1.165, 1.54) is 0 Å². The molecule has 0 aromatic heterocycles. The summed E-state index contributed by atoms with van der Waals surface area (Å²) in [7, 11) is -3.41. The summed E-state index contributed by atoms with van der Waals surface area (Å²) in [6, 6.07) is 5.77. The van der Waals surface area contributed by atoms with Crippen LogP contribution in [0.5, 0.6) is 0 Å². The molecule has 0 bridgehead atoms. The fourth-order valence-electron chi connectivity index (χ4n) is 2.52. The zero-order valence-corrected chi connectivity index (χ0v) is 14.4. The summed E-state index contributed by atoms with van der Waals surface area (Å²) < 4.78 is 27.8. The SMILES string of the molecule is CCCCN(C1CC1)S(=O)(=O)c1cc(CCl)ccc1CC. The third kappa shape index (κ3) is 3.79. The molecule has 1 fully saturated rings. The minimum atomic E-state index is -3.41. The van der Waals surface area contributed by atoms with Gasteiger partial charge in [0.1, 0.15) is 0 Å². The van der Waals surface area contributed by atoms with E-state index < -0.39 is 10.0 Å². The normalized spacial score (nSPS) is 15.6. The van der Waals surface area contributed by atoms with Crippen molar-refractivity contribution in [3.63, 3.8) is 0 Å². The lowest BCUT2D eigenvalue weighted by Crippen LogP contribution is -2.34. The Labute approximate surface area is 133 Å². The minimum absolute atomic E-state index is 0.200. The van der Waals surface area contributed by atoms with Crippen molar-refractivity contribution < 1.29 is 8.42 Å². The van der Waals surface area contributed by atoms with Crippen molar-refractivity contribution in [2.24, 2.45) is 0 Å². The molecule has 21 heavy (non-hydrogen) atoms. The molecule has 0 atom stereocenters. The fourth-order valence-corrected chi connectivity index (χ4v) is 4.75. The number of unbranched alkanes of at least 4 members (excludes halogenated alkanes) is 1. The number of nitrogens with zero attached hydrogens (tertiary/aromatic N) is 1. The molecule has 0 saturated heterocycles. The van der Waals surface area contributed by atoms with Gasteiger partial charge in [-0.3, -0.25) is 0 Å². The number of sulfonamides is 1. The number of rotatable bonds is 8. The molecule has 0 aliphatic heterocycles. The van der Waals surface area contributed by atoms with E-state index in [0.29, 0.717) is 23.7 Å². The summed E-state index contributed by atoms with van der Waals surface area (Å²) in [5, 5.41) is 0. The summed E-state index contributed by atoms with van der Waals surface area (Å²) >= 11 is 5.87. The van der Waals surface area contributed by atoms with Gasteiger partial charge in [-0.2, -0.15) is 4.31 Å². The van der Waals surface area contributed by atoms with Gasteiger partial charge < -0.3 is 0 Å². The highest BCUT2D eigenvalue weighted by atomic mass is 35.5. The van der Waals surface area contributed by atoms with Crippen molar-refractivity contribution in [1.82, 2.24) is 4.31 Å². The van der Waals surface area contributed by atoms with Crippen LogP contribution >= 0.6 is 11.6 Å². The molecular formula is C16H24ClNO2S. The third-order valence-corrected chi connectivity index (χ3v) is 6.28. The van der Waals surface area contributed by atoms with E-state index in [2.05, 4.69) is 6.92 Å². The second-order valence-electron chi connectivity index (χ2n) is 5.63. The highest BCUT2D eigenvalue weighted by Gasteiger charge is 2.38. The van der Waals surface area contributed by atoms with Crippen molar-refractivity contribution >= 4 is 21.6 Å². The second-order valence-corrected chi connectivity index (χ2v) is 7.76. The Morgan fingerprint density at radius 2 is 2.00 bits per heavy atom. The average molecular weight is 330 g/mol. The zero-order chi connectivity index (χ0) is 15.5. The molecule has 5 heteroatoms. The van der Waals surface area contributed by atoms with Crippen molar-refractivity contribution in [2.45, 2.75) is 62.8 Å². The number of hydrogen-bond acceptors (Lipinski definition) is 2. The van der Waals surface area contributed by atoms with Crippen LogP contribution < -0.4 is 0 Å². The number of alkyl halides is 1. The molecule has 1 aliphatic rings. The Bertz CT molecular complexity index is 582. The van der Waals surface area contributed by atoms with E-state index in [4.69, 9.17) is 11.6 Å². The van der Waals surface area contributed by atoms with Crippen LogP contribution in [0.15, 0.2) is 23.1 Å². The smallest absolute Gasteiger partial charge is 0.207 e. The van der Waals surface area contributed by atoms with Gasteiger partial charge in [0.2, 0.25) is 10.0 Å². The van der Waals surface area contributed by atoms with E-state index in [1.807, 2.05) is 19.1 Å². The van der Waals surface area contributed by atoms with Crippen molar-refractivity contribution in [3.8, 4) is 0 Å². The maximum Gasteiger partial charge on any atom is 0.243 e. The quantitative estimate of drug-likeness (QED) is 0.677. The molecule has 1 aromatic rings. The van der Waals surface area contributed by atoms with E-state index >= 15 is 0 Å². The molecule has 1 saturated carbocycles. The summed E-state index contributed by atoms with van der Waals surface area (Å²) in [4.78, 5) is 0.450. The van der Waals surface area contributed by atoms with E-state index in [-0.39, 0.29) is 6.04 Å². The first-order valence-electron chi connectivity index (χ1n) is 7.74. The molecule has 0 spiro atoms. The maximum atomic E-state index is 13.1. The van der Waals surface area contributed by atoms with Crippen LogP contribution in [-0.4, -0.2) is 25.3 Å². The number of hydrogen-bond donors (Lipinski definition) is 0. The largest absolute Gasteiger partial charge is 0.243 e. The summed E-state index contributed by atoms with van der Waals surface area (Å²) in [6.07, 6.45) is 4.59. The van der Waals surface area contributed by atoms with Gasteiger partial charge in [0.25, 0.3) is 0 Å². The molecule has 0 amide bonds. The van der Waals surface area contributed by atoms with Crippen LogP contribution in [0.4, 0.5) is 0 Å². The Morgan fingerprint density at radius 1 is 1.29 bits per heavy atom. The molecule has 118 valence electrons. The highest BCUT2D eigenvalue weighted by molar-refractivity contribution is 7.89. The molecule has 3 nitrogen and oxygen atoms in total. The number of aryl methyl sites for hydroxylation is 1. The van der Waals surface area contributed by atoms with Crippen LogP contribution in [0, 0.1) is 0 Å². The highest BCUT2D eigenvalue weighted by Crippen LogP contribution is 2.34. The second kappa shape index (κ2) is 7.12. The molecule has 2 rings (SSSR count). The maximum absolute atomic E-state index is 13.1. The van der Waals surface area contributed by atoms with Gasteiger partial charge in [-0.05, 0) is 42.9 Å². The van der Waals surface area contributed by atoms with Crippen LogP contribution in [-0.2, 0) is 22.3 Å². The van der Waals surface area contributed by atoms with E-state index in [0.717, 1.165) is 36.8 Å². The summed E-state index contributed by atoms with van der Waals surface area (Å²) in [5.41, 5.74) is 1.74. The summed E-state index contributed by atoms with van der Waals surface area (Å²) in [6.45, 7) is 4.70. The molecular weight excluding hydrogens is 306 g/mol. The van der Waals surface area contributed by atoms with Gasteiger partial charge >= 0.3 is 0 Å². The third-order valence-electron chi connectivity index (χ3n) is 3.94. The van der Waals surface area contributed by atoms with Gasteiger partial charge in [-0.25, -0.2) is 8.42 Å². The first-order chi connectivity index (χ1) is 10.0. The van der Waals surface area contributed by atoms with Crippen LogP contribution in [0.3, 0.4) is 0 Å². The Hall–Kier alpha value is -0.580. The van der Waals surface area contributed by atoms with Crippen LogP contribution in [0.25, 0.3) is 0 Å². The van der Waals surface area contributed by atoms with Crippen LogP contribution in [0.2, 0.25) is 0 Å². The monoisotopic (exact) mass is 329 g/mol. The zero-order valence-electron chi connectivity index (χ0n) is 12.8.